The fourth-order valence-corrected chi connectivity index (χ4v) is 7.21. The summed E-state index contributed by atoms with van der Waals surface area (Å²) >= 11 is 0. The first-order valence-corrected chi connectivity index (χ1v) is 17.1. The van der Waals surface area contributed by atoms with Crippen molar-refractivity contribution >= 4 is 21.9 Å². The molecule has 8 rings (SSSR count). The number of rotatable bonds is 5. The van der Waals surface area contributed by atoms with Gasteiger partial charge < -0.3 is 5.11 Å². The highest BCUT2D eigenvalue weighted by Crippen LogP contribution is 2.42. The molecule has 0 aliphatic rings. The number of phenols is 1. The number of fused-ring (bicyclic) bond motifs is 3. The molecule has 3 aromatic heterocycles. The molecular weight excluding hydrogens is 611 g/mol. The maximum atomic E-state index is 11.8. The van der Waals surface area contributed by atoms with Crippen LogP contribution in [0.2, 0.25) is 0 Å². The molecule has 50 heavy (non-hydrogen) atoms. The second-order valence-corrected chi connectivity index (χ2v) is 14.2. The highest BCUT2D eigenvalue weighted by molar-refractivity contribution is 6.08. The minimum Gasteiger partial charge on any atom is -0.507 e. The summed E-state index contributed by atoms with van der Waals surface area (Å²) in [7, 11) is 0. The predicted octanol–water partition coefficient (Wildman–Crippen LogP) is 11.9. The zero-order valence-electron chi connectivity index (χ0n) is 29.1. The van der Waals surface area contributed by atoms with E-state index in [2.05, 4.69) is 124 Å². The SMILES string of the molecule is Cc1cccc(C)c1-c1cc(-c2cccc(-c3cc(C(C)(C)C)cc(-c4ccccc4)c3O)n2)cc(-n2c3ccccc3c3cccnc32)c1. The van der Waals surface area contributed by atoms with Gasteiger partial charge in [0.1, 0.15) is 11.4 Å². The van der Waals surface area contributed by atoms with E-state index in [1.807, 2.05) is 54.7 Å². The molecule has 4 heteroatoms. The average molecular weight is 650 g/mol. The molecule has 0 radical (unpaired) electrons. The minimum atomic E-state index is -0.130. The maximum absolute atomic E-state index is 11.8. The Labute approximate surface area is 293 Å². The molecule has 5 aromatic carbocycles. The highest BCUT2D eigenvalue weighted by atomic mass is 16.3. The normalized spacial score (nSPS) is 11.8. The van der Waals surface area contributed by atoms with Gasteiger partial charge in [0.05, 0.1) is 16.9 Å². The van der Waals surface area contributed by atoms with Gasteiger partial charge in [0, 0.05) is 39.3 Å². The molecule has 0 spiro atoms. The van der Waals surface area contributed by atoms with Crippen LogP contribution in [0.3, 0.4) is 0 Å². The lowest BCUT2D eigenvalue weighted by atomic mass is 9.83. The Balaban J connectivity index is 1.37. The first-order valence-electron chi connectivity index (χ1n) is 17.1. The zero-order chi connectivity index (χ0) is 34.6. The van der Waals surface area contributed by atoms with Crippen molar-refractivity contribution in [1.82, 2.24) is 14.5 Å². The third-order valence-electron chi connectivity index (χ3n) is 9.76. The lowest BCUT2D eigenvalue weighted by molar-refractivity contribution is 0.478. The van der Waals surface area contributed by atoms with Crippen molar-refractivity contribution in [2.24, 2.45) is 0 Å². The summed E-state index contributed by atoms with van der Waals surface area (Å²) in [4.78, 5) is 10.2. The van der Waals surface area contributed by atoms with Crippen LogP contribution in [0.25, 0.3) is 72.4 Å². The van der Waals surface area contributed by atoms with E-state index in [4.69, 9.17) is 9.97 Å². The van der Waals surface area contributed by atoms with Crippen molar-refractivity contribution < 1.29 is 5.11 Å². The van der Waals surface area contributed by atoms with Gasteiger partial charge in [-0.1, -0.05) is 93.6 Å². The summed E-state index contributed by atoms with van der Waals surface area (Å²) in [6, 6.07) is 46.2. The molecule has 0 fully saturated rings. The first-order chi connectivity index (χ1) is 24.2. The Hall–Kier alpha value is -6.00. The number of phenolic OH excluding ortho intramolecular Hbond substituents is 1. The number of benzene rings is 5. The van der Waals surface area contributed by atoms with Gasteiger partial charge in [0.15, 0.2) is 0 Å². The second-order valence-electron chi connectivity index (χ2n) is 14.2. The molecule has 0 bridgehead atoms. The van der Waals surface area contributed by atoms with Gasteiger partial charge in [-0.15, -0.1) is 0 Å². The van der Waals surface area contributed by atoms with Gasteiger partial charge in [0.2, 0.25) is 0 Å². The Morgan fingerprint density at radius 3 is 2.02 bits per heavy atom. The molecule has 244 valence electrons. The summed E-state index contributed by atoms with van der Waals surface area (Å²) < 4.78 is 2.26. The smallest absolute Gasteiger partial charge is 0.145 e. The van der Waals surface area contributed by atoms with Gasteiger partial charge in [-0.25, -0.2) is 9.97 Å². The van der Waals surface area contributed by atoms with Crippen LogP contribution in [0.1, 0.15) is 37.5 Å². The Morgan fingerprint density at radius 2 is 1.24 bits per heavy atom. The van der Waals surface area contributed by atoms with Crippen molar-refractivity contribution in [1.29, 1.82) is 0 Å². The molecule has 0 unspecified atom stereocenters. The van der Waals surface area contributed by atoms with Gasteiger partial charge in [-0.3, -0.25) is 4.57 Å². The van der Waals surface area contributed by atoms with Gasteiger partial charge in [-0.05, 0) is 113 Å². The molecule has 1 N–H and O–H groups in total. The lowest BCUT2D eigenvalue weighted by Gasteiger charge is -2.23. The number of hydrogen-bond acceptors (Lipinski definition) is 3. The highest BCUT2D eigenvalue weighted by Gasteiger charge is 2.22. The standard InChI is InChI=1S/C46H39N3O/c1-29-14-11-15-30(2)43(29)33-24-32(25-35(26-33)49-42-22-10-9-18-36(42)37-19-13-23-47-45(37)49)40-20-12-21-41(48-40)39-28-34(46(3,4)5)27-38(44(39)50)31-16-7-6-8-17-31/h6-28,50H,1-5H3. The molecule has 3 heterocycles. The van der Waals surface area contributed by atoms with Crippen molar-refractivity contribution in [3.63, 3.8) is 0 Å². The number of aryl methyl sites for hydroxylation is 2. The first kappa shape index (κ1) is 31.3. The van der Waals surface area contributed by atoms with E-state index in [-0.39, 0.29) is 11.2 Å². The fraction of sp³-hybridized carbons (Fsp3) is 0.130. The van der Waals surface area contributed by atoms with Crippen LogP contribution in [0, 0.1) is 13.8 Å². The van der Waals surface area contributed by atoms with E-state index in [1.54, 1.807) is 0 Å². The maximum Gasteiger partial charge on any atom is 0.145 e. The zero-order valence-corrected chi connectivity index (χ0v) is 29.1. The van der Waals surface area contributed by atoms with Gasteiger partial charge in [-0.2, -0.15) is 0 Å². The quantitative estimate of drug-likeness (QED) is 0.202. The van der Waals surface area contributed by atoms with Gasteiger partial charge in [0.25, 0.3) is 0 Å². The third kappa shape index (κ3) is 5.43. The van der Waals surface area contributed by atoms with E-state index in [9.17, 15) is 5.11 Å². The number of pyridine rings is 2. The van der Waals surface area contributed by atoms with Crippen LogP contribution < -0.4 is 0 Å². The summed E-state index contributed by atoms with van der Waals surface area (Å²) in [5, 5.41) is 14.1. The number of nitrogens with zero attached hydrogens (tertiary/aromatic N) is 3. The number of para-hydroxylation sites is 1. The molecule has 0 aliphatic carbocycles. The largest absolute Gasteiger partial charge is 0.507 e. The van der Waals surface area contributed by atoms with Crippen molar-refractivity contribution in [2.75, 3.05) is 0 Å². The van der Waals surface area contributed by atoms with Gasteiger partial charge >= 0.3 is 0 Å². The summed E-state index contributed by atoms with van der Waals surface area (Å²) in [5.74, 6) is 0.232. The van der Waals surface area contributed by atoms with Crippen molar-refractivity contribution in [3.05, 3.63) is 156 Å². The van der Waals surface area contributed by atoms with Crippen LogP contribution in [0.15, 0.2) is 140 Å². The molecular formula is C46H39N3O. The van der Waals surface area contributed by atoms with E-state index in [0.717, 1.165) is 72.4 Å². The molecule has 0 amide bonds. The molecule has 0 saturated heterocycles. The van der Waals surface area contributed by atoms with E-state index in [0.29, 0.717) is 0 Å². The van der Waals surface area contributed by atoms with Crippen LogP contribution >= 0.6 is 0 Å². The van der Waals surface area contributed by atoms with E-state index in [1.165, 1.54) is 16.7 Å². The Kier molecular flexibility index (Phi) is 7.60. The van der Waals surface area contributed by atoms with Crippen LogP contribution in [-0.2, 0) is 5.41 Å². The summed E-state index contributed by atoms with van der Waals surface area (Å²) in [5.41, 5.74) is 13.8. The molecule has 0 atom stereocenters. The topological polar surface area (TPSA) is 50.9 Å². The average Bonchev–Trinajstić information content (AvgIpc) is 3.46. The number of aromatic hydroxyl groups is 1. The Bertz CT molecular complexity index is 2480. The van der Waals surface area contributed by atoms with Crippen molar-refractivity contribution in [3.8, 4) is 56.2 Å². The number of hydrogen-bond donors (Lipinski definition) is 1. The summed E-state index contributed by atoms with van der Waals surface area (Å²) in [6.45, 7) is 10.9. The van der Waals surface area contributed by atoms with Crippen LogP contribution in [-0.4, -0.2) is 19.6 Å². The van der Waals surface area contributed by atoms with E-state index >= 15 is 0 Å². The monoisotopic (exact) mass is 649 g/mol. The van der Waals surface area contributed by atoms with Crippen LogP contribution in [0.5, 0.6) is 5.75 Å². The molecule has 0 aliphatic heterocycles. The van der Waals surface area contributed by atoms with Crippen molar-refractivity contribution in [2.45, 2.75) is 40.0 Å². The third-order valence-corrected chi connectivity index (χ3v) is 9.76. The fourth-order valence-electron chi connectivity index (χ4n) is 7.21. The van der Waals surface area contributed by atoms with Crippen LogP contribution in [0.4, 0.5) is 0 Å². The molecule has 0 saturated carbocycles. The minimum absolute atomic E-state index is 0.130. The second kappa shape index (κ2) is 12.2. The Morgan fingerprint density at radius 1 is 0.580 bits per heavy atom. The van der Waals surface area contributed by atoms with E-state index < -0.39 is 0 Å². The predicted molar refractivity (Wildman–Crippen MR) is 208 cm³/mol. The molecule has 8 aromatic rings. The summed E-state index contributed by atoms with van der Waals surface area (Å²) in [6.07, 6.45) is 1.86. The molecule has 4 nitrogen and oxygen atoms in total. The lowest BCUT2D eigenvalue weighted by Crippen LogP contribution is -2.11. The number of aromatic nitrogens is 3.